The van der Waals surface area contributed by atoms with E-state index < -0.39 is 0 Å². The van der Waals surface area contributed by atoms with Gasteiger partial charge in [0.25, 0.3) is 0 Å². The third-order valence-electron chi connectivity index (χ3n) is 4.66. The molecule has 2 rings (SSSR count). The van der Waals surface area contributed by atoms with Crippen molar-refractivity contribution in [1.82, 2.24) is 9.80 Å². The van der Waals surface area contributed by atoms with Gasteiger partial charge in [-0.2, -0.15) is 0 Å². The van der Waals surface area contributed by atoms with E-state index in [2.05, 4.69) is 0 Å². The second kappa shape index (κ2) is 10.8. The lowest BCUT2D eigenvalue weighted by Gasteiger charge is -2.30. The van der Waals surface area contributed by atoms with Gasteiger partial charge in [0.2, 0.25) is 11.8 Å². The van der Waals surface area contributed by atoms with Gasteiger partial charge in [-0.15, -0.1) is 11.6 Å². The predicted molar refractivity (Wildman–Crippen MR) is 106 cm³/mol. The molecular formula is C21H27ClN2O3. The second-order valence-electron chi connectivity index (χ2n) is 6.54. The third kappa shape index (κ3) is 6.43. The van der Waals surface area contributed by atoms with Crippen LogP contribution in [0.25, 0.3) is 0 Å². The van der Waals surface area contributed by atoms with Crippen LogP contribution in [-0.2, 0) is 22.6 Å². The summed E-state index contributed by atoms with van der Waals surface area (Å²) in [4.78, 5) is 28.5. The number of carbonyl (C=O) groups excluding carboxylic acids is 2. The standard InChI is InChI=1S/C21H27ClN2O3/c1-3-17(2)24(20(25)14-22)16-21(26)23(15-19-10-7-13-27-19)12-11-18-8-5-4-6-9-18/h4-10,13,17H,3,11-12,14-16H2,1-2H3/t17-/m0/s1. The number of amides is 2. The Morgan fingerprint density at radius 2 is 1.85 bits per heavy atom. The number of carbonyl (C=O) groups is 2. The molecule has 0 unspecified atom stereocenters. The van der Waals surface area contributed by atoms with Gasteiger partial charge in [-0.1, -0.05) is 37.3 Å². The largest absolute Gasteiger partial charge is 0.467 e. The molecule has 2 amide bonds. The summed E-state index contributed by atoms with van der Waals surface area (Å²) < 4.78 is 5.41. The Morgan fingerprint density at radius 3 is 2.44 bits per heavy atom. The van der Waals surface area contributed by atoms with Gasteiger partial charge in [-0.25, -0.2) is 0 Å². The first kappa shape index (κ1) is 21.0. The lowest BCUT2D eigenvalue weighted by atomic mass is 10.1. The van der Waals surface area contributed by atoms with Gasteiger partial charge in [0.1, 0.15) is 18.2 Å². The van der Waals surface area contributed by atoms with Crippen molar-refractivity contribution >= 4 is 23.4 Å². The summed E-state index contributed by atoms with van der Waals surface area (Å²) in [6.45, 7) is 4.86. The Bertz CT molecular complexity index is 703. The van der Waals surface area contributed by atoms with Gasteiger partial charge in [-0.05, 0) is 37.5 Å². The van der Waals surface area contributed by atoms with Gasteiger partial charge < -0.3 is 14.2 Å². The fourth-order valence-electron chi connectivity index (χ4n) is 2.82. The van der Waals surface area contributed by atoms with Gasteiger partial charge >= 0.3 is 0 Å². The number of nitrogens with zero attached hydrogens (tertiary/aromatic N) is 2. The second-order valence-corrected chi connectivity index (χ2v) is 6.81. The Hall–Kier alpha value is -2.27. The Morgan fingerprint density at radius 1 is 1.11 bits per heavy atom. The van der Waals surface area contributed by atoms with E-state index in [9.17, 15) is 9.59 Å². The molecule has 0 N–H and O–H groups in total. The molecule has 5 nitrogen and oxygen atoms in total. The molecule has 0 saturated carbocycles. The maximum atomic E-state index is 13.0. The van der Waals surface area contributed by atoms with Crippen molar-refractivity contribution < 1.29 is 14.0 Å². The molecular weight excluding hydrogens is 364 g/mol. The van der Waals surface area contributed by atoms with E-state index in [-0.39, 0.29) is 30.3 Å². The third-order valence-corrected chi connectivity index (χ3v) is 4.88. The van der Waals surface area contributed by atoms with Crippen LogP contribution >= 0.6 is 11.6 Å². The van der Waals surface area contributed by atoms with Crippen LogP contribution in [0.15, 0.2) is 53.1 Å². The number of furan rings is 1. The van der Waals surface area contributed by atoms with Crippen LogP contribution in [0.4, 0.5) is 0 Å². The van der Waals surface area contributed by atoms with Crippen LogP contribution in [0.5, 0.6) is 0 Å². The highest BCUT2D eigenvalue weighted by molar-refractivity contribution is 6.27. The first-order valence-electron chi connectivity index (χ1n) is 9.24. The van der Waals surface area contributed by atoms with Crippen molar-refractivity contribution in [2.75, 3.05) is 19.0 Å². The van der Waals surface area contributed by atoms with Crippen LogP contribution in [0, 0.1) is 0 Å². The minimum atomic E-state index is -0.222. The zero-order valence-electron chi connectivity index (χ0n) is 15.9. The summed E-state index contributed by atoms with van der Waals surface area (Å²) in [7, 11) is 0. The van der Waals surface area contributed by atoms with Crippen molar-refractivity contribution in [3.05, 3.63) is 60.1 Å². The van der Waals surface area contributed by atoms with Crippen molar-refractivity contribution in [3.8, 4) is 0 Å². The molecule has 0 aliphatic rings. The molecule has 1 aromatic carbocycles. The van der Waals surface area contributed by atoms with E-state index in [1.165, 1.54) is 0 Å². The number of rotatable bonds is 10. The topological polar surface area (TPSA) is 53.8 Å². The van der Waals surface area contributed by atoms with Crippen LogP contribution in [0.1, 0.15) is 31.6 Å². The van der Waals surface area contributed by atoms with E-state index in [0.717, 1.165) is 24.2 Å². The Labute approximate surface area is 165 Å². The summed E-state index contributed by atoms with van der Waals surface area (Å²) in [6.07, 6.45) is 3.09. The van der Waals surface area contributed by atoms with Crippen molar-refractivity contribution in [2.24, 2.45) is 0 Å². The van der Waals surface area contributed by atoms with E-state index in [4.69, 9.17) is 16.0 Å². The van der Waals surface area contributed by atoms with E-state index in [1.807, 2.05) is 50.2 Å². The summed E-state index contributed by atoms with van der Waals surface area (Å²) in [5.41, 5.74) is 1.16. The Balaban J connectivity index is 2.10. The van der Waals surface area contributed by atoms with E-state index in [1.54, 1.807) is 22.1 Å². The maximum Gasteiger partial charge on any atom is 0.242 e. The number of alkyl halides is 1. The Kier molecular flexibility index (Phi) is 8.40. The molecule has 1 heterocycles. The van der Waals surface area contributed by atoms with Crippen molar-refractivity contribution in [1.29, 1.82) is 0 Å². The molecule has 0 fully saturated rings. The molecule has 146 valence electrons. The van der Waals surface area contributed by atoms with Gasteiger partial charge in [0, 0.05) is 12.6 Å². The lowest BCUT2D eigenvalue weighted by Crippen LogP contribution is -2.47. The molecule has 0 radical (unpaired) electrons. The number of benzene rings is 1. The normalized spacial score (nSPS) is 11.8. The van der Waals surface area contributed by atoms with Gasteiger partial charge in [0.15, 0.2) is 0 Å². The molecule has 0 saturated heterocycles. The summed E-state index contributed by atoms with van der Waals surface area (Å²) in [5.74, 6) is 0.261. The molecule has 0 spiro atoms. The molecule has 0 aliphatic heterocycles. The SMILES string of the molecule is CC[C@H](C)N(CC(=O)N(CCc1ccccc1)Cc1ccco1)C(=O)CCl. The summed E-state index contributed by atoms with van der Waals surface area (Å²) in [5, 5.41) is 0. The molecule has 0 bridgehead atoms. The number of hydrogen-bond acceptors (Lipinski definition) is 3. The lowest BCUT2D eigenvalue weighted by molar-refractivity contribution is -0.141. The number of hydrogen-bond donors (Lipinski definition) is 0. The van der Waals surface area contributed by atoms with Crippen LogP contribution < -0.4 is 0 Å². The smallest absolute Gasteiger partial charge is 0.242 e. The van der Waals surface area contributed by atoms with Crippen LogP contribution in [0.2, 0.25) is 0 Å². The highest BCUT2D eigenvalue weighted by Crippen LogP contribution is 2.11. The highest BCUT2D eigenvalue weighted by atomic mass is 35.5. The average molecular weight is 391 g/mol. The molecule has 1 atom stereocenters. The first-order chi connectivity index (χ1) is 13.0. The maximum absolute atomic E-state index is 13.0. The van der Waals surface area contributed by atoms with Crippen LogP contribution in [-0.4, -0.2) is 46.6 Å². The fourth-order valence-corrected chi connectivity index (χ4v) is 2.98. The van der Waals surface area contributed by atoms with Gasteiger partial charge in [0.05, 0.1) is 12.8 Å². The van der Waals surface area contributed by atoms with Crippen LogP contribution in [0.3, 0.4) is 0 Å². The number of halogens is 1. The molecule has 6 heteroatoms. The zero-order valence-corrected chi connectivity index (χ0v) is 16.7. The zero-order chi connectivity index (χ0) is 19.6. The van der Waals surface area contributed by atoms with Crippen molar-refractivity contribution in [2.45, 2.75) is 39.3 Å². The fraction of sp³-hybridized carbons (Fsp3) is 0.429. The summed E-state index contributed by atoms with van der Waals surface area (Å²) in [6, 6.07) is 13.6. The van der Waals surface area contributed by atoms with Crippen molar-refractivity contribution in [3.63, 3.8) is 0 Å². The first-order valence-corrected chi connectivity index (χ1v) is 9.78. The monoisotopic (exact) mass is 390 g/mol. The highest BCUT2D eigenvalue weighted by Gasteiger charge is 2.24. The van der Waals surface area contributed by atoms with E-state index >= 15 is 0 Å². The summed E-state index contributed by atoms with van der Waals surface area (Å²) >= 11 is 5.74. The minimum absolute atomic E-state index is 0.0239. The van der Waals surface area contributed by atoms with E-state index in [0.29, 0.717) is 13.1 Å². The quantitative estimate of drug-likeness (QED) is 0.581. The van der Waals surface area contributed by atoms with Gasteiger partial charge in [-0.3, -0.25) is 9.59 Å². The molecule has 2 aromatic rings. The minimum Gasteiger partial charge on any atom is -0.467 e. The predicted octanol–water partition coefficient (Wildman–Crippen LogP) is 3.72. The molecule has 1 aromatic heterocycles. The average Bonchev–Trinajstić information content (AvgIpc) is 3.21. The molecule has 0 aliphatic carbocycles. The molecule has 27 heavy (non-hydrogen) atoms.